The van der Waals surface area contributed by atoms with Gasteiger partial charge in [-0.2, -0.15) is 0 Å². The van der Waals surface area contributed by atoms with Crippen molar-refractivity contribution in [2.75, 3.05) is 26.2 Å². The first kappa shape index (κ1) is 17.4. The molecule has 2 rings (SSSR count). The van der Waals surface area contributed by atoms with Crippen molar-refractivity contribution in [3.63, 3.8) is 0 Å². The van der Waals surface area contributed by atoms with Crippen LogP contribution in [-0.4, -0.2) is 39.5 Å². The van der Waals surface area contributed by atoms with E-state index in [0.29, 0.717) is 18.4 Å². The van der Waals surface area contributed by atoms with Crippen LogP contribution in [0.3, 0.4) is 0 Å². The van der Waals surface area contributed by atoms with E-state index in [0.717, 1.165) is 38.2 Å². The van der Waals surface area contributed by atoms with Crippen LogP contribution in [0.4, 0.5) is 4.39 Å². The van der Waals surface area contributed by atoms with Gasteiger partial charge >= 0.3 is 0 Å². The number of benzene rings is 1. The number of halogens is 1. The van der Waals surface area contributed by atoms with Gasteiger partial charge in [0.25, 0.3) is 0 Å². The zero-order chi connectivity index (χ0) is 16.2. The summed E-state index contributed by atoms with van der Waals surface area (Å²) >= 11 is 0. The third-order valence-electron chi connectivity index (χ3n) is 4.01. The zero-order valence-corrected chi connectivity index (χ0v) is 14.1. The standard InChI is InChI=1S/C16H25FN2O2S/c1-13-10-14(2)12-19(11-13)9-3-8-18-22(20,21)16-6-4-15(17)5-7-16/h4-7,13-14,18H,3,8-12H2,1-2H3/t13-,14-/m1/s1. The Bertz CT molecular complexity index is 564. The fraction of sp³-hybridized carbons (Fsp3) is 0.625. The molecule has 1 N–H and O–H groups in total. The molecular formula is C16H25FN2O2S. The Morgan fingerprint density at radius 3 is 2.36 bits per heavy atom. The molecule has 1 fully saturated rings. The largest absolute Gasteiger partial charge is 0.303 e. The minimum Gasteiger partial charge on any atom is -0.303 e. The Labute approximate surface area is 132 Å². The maximum atomic E-state index is 12.8. The molecule has 0 amide bonds. The van der Waals surface area contributed by atoms with Gasteiger partial charge < -0.3 is 4.90 Å². The van der Waals surface area contributed by atoms with Gasteiger partial charge in [-0.15, -0.1) is 0 Å². The third-order valence-corrected chi connectivity index (χ3v) is 5.49. The highest BCUT2D eigenvalue weighted by molar-refractivity contribution is 7.89. The van der Waals surface area contributed by atoms with E-state index in [4.69, 9.17) is 0 Å². The van der Waals surface area contributed by atoms with Crippen molar-refractivity contribution in [1.82, 2.24) is 9.62 Å². The number of likely N-dealkylation sites (tertiary alicyclic amines) is 1. The van der Waals surface area contributed by atoms with Gasteiger partial charge in [0, 0.05) is 19.6 Å². The Kier molecular flexibility index (Phi) is 5.94. The minimum atomic E-state index is -3.54. The van der Waals surface area contributed by atoms with E-state index in [1.807, 2.05) is 0 Å². The highest BCUT2D eigenvalue weighted by Crippen LogP contribution is 2.20. The molecule has 1 aromatic rings. The third kappa shape index (κ3) is 5.04. The maximum Gasteiger partial charge on any atom is 0.240 e. The SMILES string of the molecule is C[C@@H]1C[C@@H](C)CN(CCCNS(=O)(=O)c2ccc(F)cc2)C1. The second kappa shape index (κ2) is 7.53. The lowest BCUT2D eigenvalue weighted by Crippen LogP contribution is -2.40. The molecule has 6 heteroatoms. The molecule has 124 valence electrons. The van der Waals surface area contributed by atoms with E-state index in [9.17, 15) is 12.8 Å². The minimum absolute atomic E-state index is 0.106. The summed E-state index contributed by atoms with van der Waals surface area (Å²) in [6.07, 6.45) is 2.05. The lowest BCUT2D eigenvalue weighted by molar-refractivity contribution is 0.140. The fourth-order valence-electron chi connectivity index (χ4n) is 3.18. The molecular weight excluding hydrogens is 303 g/mol. The van der Waals surface area contributed by atoms with E-state index >= 15 is 0 Å². The van der Waals surface area contributed by atoms with Crippen LogP contribution in [0.5, 0.6) is 0 Å². The second-order valence-electron chi connectivity index (χ2n) is 6.41. The van der Waals surface area contributed by atoms with Gasteiger partial charge in [0.1, 0.15) is 5.82 Å². The van der Waals surface area contributed by atoms with Crippen LogP contribution < -0.4 is 4.72 Å². The molecule has 1 aliphatic heterocycles. The molecule has 1 saturated heterocycles. The molecule has 0 aromatic heterocycles. The lowest BCUT2D eigenvalue weighted by Gasteiger charge is -2.34. The number of piperidine rings is 1. The highest BCUT2D eigenvalue weighted by Gasteiger charge is 2.21. The number of rotatable bonds is 6. The van der Waals surface area contributed by atoms with E-state index in [2.05, 4.69) is 23.5 Å². The van der Waals surface area contributed by atoms with Crippen molar-refractivity contribution in [2.45, 2.75) is 31.6 Å². The van der Waals surface area contributed by atoms with Gasteiger partial charge in [0.05, 0.1) is 4.90 Å². The van der Waals surface area contributed by atoms with Crippen LogP contribution in [0.25, 0.3) is 0 Å². The van der Waals surface area contributed by atoms with Gasteiger partial charge in [-0.25, -0.2) is 17.5 Å². The van der Waals surface area contributed by atoms with Crippen LogP contribution in [0.15, 0.2) is 29.2 Å². The highest BCUT2D eigenvalue weighted by atomic mass is 32.2. The van der Waals surface area contributed by atoms with E-state index in [-0.39, 0.29) is 4.90 Å². The molecule has 0 saturated carbocycles. The number of nitrogens with zero attached hydrogens (tertiary/aromatic N) is 1. The molecule has 0 aliphatic carbocycles. The predicted molar refractivity (Wildman–Crippen MR) is 85.6 cm³/mol. The number of sulfonamides is 1. The summed E-state index contributed by atoms with van der Waals surface area (Å²) in [5, 5.41) is 0. The van der Waals surface area contributed by atoms with Crippen LogP contribution in [-0.2, 0) is 10.0 Å². The Morgan fingerprint density at radius 2 is 1.77 bits per heavy atom. The van der Waals surface area contributed by atoms with E-state index < -0.39 is 15.8 Å². The first-order chi connectivity index (χ1) is 10.4. The molecule has 0 unspecified atom stereocenters. The van der Waals surface area contributed by atoms with Crippen molar-refractivity contribution in [1.29, 1.82) is 0 Å². The zero-order valence-electron chi connectivity index (χ0n) is 13.3. The summed E-state index contributed by atoms with van der Waals surface area (Å²) in [4.78, 5) is 2.51. The summed E-state index contributed by atoms with van der Waals surface area (Å²) in [5.74, 6) is 0.978. The quantitative estimate of drug-likeness (QED) is 0.816. The number of hydrogen-bond donors (Lipinski definition) is 1. The van der Waals surface area contributed by atoms with Crippen molar-refractivity contribution < 1.29 is 12.8 Å². The van der Waals surface area contributed by atoms with Crippen molar-refractivity contribution >= 4 is 10.0 Å². The second-order valence-corrected chi connectivity index (χ2v) is 8.18. The summed E-state index contributed by atoms with van der Waals surface area (Å²) in [6, 6.07) is 4.88. The Hall–Kier alpha value is -0.980. The van der Waals surface area contributed by atoms with Gasteiger partial charge in [0.15, 0.2) is 0 Å². The normalized spacial score (nSPS) is 23.6. The molecule has 0 spiro atoms. The number of nitrogens with one attached hydrogen (secondary N) is 1. The summed E-state index contributed by atoms with van der Waals surface area (Å²) < 4.78 is 39.5. The van der Waals surface area contributed by atoms with Crippen LogP contribution in [0, 0.1) is 17.7 Å². The fourth-order valence-corrected chi connectivity index (χ4v) is 4.26. The summed E-state index contributed by atoms with van der Waals surface area (Å²) in [6.45, 7) is 8.02. The van der Waals surface area contributed by atoms with Crippen LogP contribution in [0.2, 0.25) is 0 Å². The average molecular weight is 328 g/mol. The lowest BCUT2D eigenvalue weighted by atomic mass is 9.92. The predicted octanol–water partition coefficient (Wildman–Crippen LogP) is 2.47. The molecule has 1 aliphatic rings. The monoisotopic (exact) mass is 328 g/mol. The van der Waals surface area contributed by atoms with Gasteiger partial charge in [-0.3, -0.25) is 0 Å². The molecule has 1 aromatic carbocycles. The molecule has 0 bridgehead atoms. The molecule has 0 radical (unpaired) electrons. The topological polar surface area (TPSA) is 49.4 Å². The molecule has 22 heavy (non-hydrogen) atoms. The Balaban J connectivity index is 1.77. The van der Waals surface area contributed by atoms with Crippen molar-refractivity contribution in [3.05, 3.63) is 30.1 Å². The van der Waals surface area contributed by atoms with Gasteiger partial charge in [-0.05, 0) is 55.5 Å². The number of hydrogen-bond acceptors (Lipinski definition) is 3. The van der Waals surface area contributed by atoms with Gasteiger partial charge in [-0.1, -0.05) is 13.8 Å². The van der Waals surface area contributed by atoms with E-state index in [1.165, 1.54) is 18.6 Å². The summed E-state index contributed by atoms with van der Waals surface area (Å²) in [7, 11) is -3.54. The average Bonchev–Trinajstić information content (AvgIpc) is 2.43. The Morgan fingerprint density at radius 1 is 1.18 bits per heavy atom. The maximum absolute atomic E-state index is 12.8. The molecule has 2 atom stereocenters. The van der Waals surface area contributed by atoms with Crippen molar-refractivity contribution in [3.8, 4) is 0 Å². The van der Waals surface area contributed by atoms with E-state index in [1.54, 1.807) is 0 Å². The van der Waals surface area contributed by atoms with Crippen molar-refractivity contribution in [2.24, 2.45) is 11.8 Å². The van der Waals surface area contributed by atoms with Crippen LogP contribution in [0.1, 0.15) is 26.7 Å². The summed E-state index contributed by atoms with van der Waals surface area (Å²) in [5.41, 5.74) is 0. The van der Waals surface area contributed by atoms with Crippen LogP contribution >= 0.6 is 0 Å². The first-order valence-corrected chi connectivity index (χ1v) is 9.33. The van der Waals surface area contributed by atoms with Gasteiger partial charge in [0.2, 0.25) is 10.0 Å². The smallest absolute Gasteiger partial charge is 0.240 e. The molecule has 1 heterocycles. The molecule has 4 nitrogen and oxygen atoms in total. The first-order valence-electron chi connectivity index (χ1n) is 7.84.